The van der Waals surface area contributed by atoms with Gasteiger partial charge in [-0.1, -0.05) is 12.2 Å². The van der Waals surface area contributed by atoms with Crippen LogP contribution in [0.1, 0.15) is 11.5 Å². The molecule has 0 fully saturated rings. The molecular weight excluding hydrogens is 516 g/mol. The first-order valence-corrected chi connectivity index (χ1v) is 14.1. The second kappa shape index (κ2) is 14.6. The van der Waals surface area contributed by atoms with Gasteiger partial charge in [-0.15, -0.1) is 0 Å². The molecule has 6 nitrogen and oxygen atoms in total. The van der Waals surface area contributed by atoms with E-state index in [-0.39, 0.29) is 0 Å². The first kappa shape index (κ1) is 30.0. The third kappa shape index (κ3) is 9.03. The lowest BCUT2D eigenvalue weighted by atomic mass is 9.99. The Hall–Kier alpha value is -4.97. The molecular formula is C36H43N6+3. The van der Waals surface area contributed by atoms with Crippen molar-refractivity contribution in [2.75, 3.05) is 21.1 Å². The molecule has 0 unspecified atom stereocenters. The van der Waals surface area contributed by atoms with Gasteiger partial charge >= 0.3 is 0 Å². The lowest BCUT2D eigenvalue weighted by molar-refractivity contribution is -0.671. The van der Waals surface area contributed by atoms with E-state index in [0.717, 1.165) is 0 Å². The standard InChI is InChI=1S/C12H15N2.2C12H14N2/c3*1-13-7-3-11(4-8-13)12-5-9-14(2)10-6-12/h3-11H,1-2H3;2*3-10H,1-2H3/q+1;;+2. The summed E-state index contributed by atoms with van der Waals surface area (Å²) in [4.78, 5) is 6.12. The van der Waals surface area contributed by atoms with Gasteiger partial charge in [-0.25, -0.2) is 13.7 Å². The van der Waals surface area contributed by atoms with Gasteiger partial charge in [0.2, 0.25) is 0 Å². The van der Waals surface area contributed by atoms with E-state index in [9.17, 15) is 0 Å². The average molecular weight is 560 g/mol. The molecule has 6 heteroatoms. The van der Waals surface area contributed by atoms with Crippen LogP contribution in [-0.4, -0.2) is 35.8 Å². The van der Waals surface area contributed by atoms with Crippen LogP contribution in [0.4, 0.5) is 0 Å². The van der Waals surface area contributed by atoms with E-state index >= 15 is 0 Å². The number of hydrogen-bond acceptors (Lipinski definition) is 3. The van der Waals surface area contributed by atoms with Gasteiger partial charge in [0, 0.05) is 101 Å². The molecule has 0 N–H and O–H groups in total. The molecule has 3 aliphatic heterocycles. The maximum atomic E-state index is 2.20. The molecule has 0 saturated heterocycles. The molecule has 0 atom stereocenters. The Bertz CT molecular complexity index is 1400. The van der Waals surface area contributed by atoms with E-state index in [1.165, 1.54) is 27.8 Å². The summed E-state index contributed by atoms with van der Waals surface area (Å²) in [5, 5.41) is 0. The summed E-state index contributed by atoms with van der Waals surface area (Å²) in [6.07, 6.45) is 37.7. The number of aryl methyl sites for hydroxylation is 3. The number of allylic oxidation sites excluding steroid dienone is 8. The Morgan fingerprint density at radius 3 is 1.12 bits per heavy atom. The molecule has 214 valence electrons. The van der Waals surface area contributed by atoms with Crippen molar-refractivity contribution in [2.45, 2.75) is 5.92 Å². The molecule has 0 spiro atoms. The summed E-state index contributed by atoms with van der Waals surface area (Å²) in [5.74, 6) is 0.424. The SMILES string of the molecule is CN1C=CC(=C2C=CN(C)C=C2)C=C1.CN1C=CC(c2cc[n+](C)cc2)C=C1.C[n+]1ccc(-c2cc[n+](C)cc2)cc1. The summed E-state index contributed by atoms with van der Waals surface area (Å²) < 4.78 is 6.12. The van der Waals surface area contributed by atoms with Crippen molar-refractivity contribution in [1.82, 2.24) is 14.7 Å². The van der Waals surface area contributed by atoms with Gasteiger partial charge in [-0.05, 0) is 52.1 Å². The van der Waals surface area contributed by atoms with Crippen LogP contribution in [0.3, 0.4) is 0 Å². The van der Waals surface area contributed by atoms with Gasteiger partial charge in [0.15, 0.2) is 37.2 Å². The largest absolute Gasteiger partial charge is 0.358 e. The quantitative estimate of drug-likeness (QED) is 0.421. The predicted molar refractivity (Wildman–Crippen MR) is 170 cm³/mol. The van der Waals surface area contributed by atoms with Crippen molar-refractivity contribution in [3.63, 3.8) is 0 Å². The van der Waals surface area contributed by atoms with Crippen molar-refractivity contribution >= 4 is 0 Å². The highest BCUT2D eigenvalue weighted by Gasteiger charge is 2.08. The second-order valence-electron chi connectivity index (χ2n) is 10.7. The fourth-order valence-electron chi connectivity index (χ4n) is 4.30. The first-order valence-electron chi connectivity index (χ1n) is 14.1. The van der Waals surface area contributed by atoms with Crippen molar-refractivity contribution < 1.29 is 13.7 Å². The number of aromatic nitrogens is 3. The lowest BCUT2D eigenvalue weighted by Crippen LogP contribution is -2.26. The van der Waals surface area contributed by atoms with Gasteiger partial charge in [-0.3, -0.25) is 0 Å². The molecule has 0 amide bonds. The number of pyridine rings is 3. The Morgan fingerprint density at radius 2 is 0.762 bits per heavy atom. The smallest absolute Gasteiger partial charge is 0.169 e. The molecule has 3 aromatic rings. The molecule has 3 aromatic heterocycles. The van der Waals surface area contributed by atoms with Crippen molar-refractivity contribution in [2.24, 2.45) is 21.1 Å². The molecule has 0 aromatic carbocycles. The van der Waals surface area contributed by atoms with E-state index in [2.05, 4.69) is 152 Å². The Morgan fingerprint density at radius 1 is 0.452 bits per heavy atom. The summed E-state index contributed by atoms with van der Waals surface area (Å²) in [5.41, 5.74) is 6.35. The van der Waals surface area contributed by atoms with Gasteiger partial charge in [0.25, 0.3) is 0 Å². The minimum atomic E-state index is 0.424. The van der Waals surface area contributed by atoms with Crippen molar-refractivity contribution in [3.05, 3.63) is 164 Å². The monoisotopic (exact) mass is 559 g/mol. The van der Waals surface area contributed by atoms with E-state index < -0.39 is 0 Å². The molecule has 3 aliphatic rings. The van der Waals surface area contributed by atoms with Crippen LogP contribution in [0.5, 0.6) is 0 Å². The highest BCUT2D eigenvalue weighted by molar-refractivity contribution is 5.60. The molecule has 0 bridgehead atoms. The molecule has 0 aliphatic carbocycles. The summed E-state index contributed by atoms with van der Waals surface area (Å²) in [6.45, 7) is 0. The Balaban J connectivity index is 0.000000145. The molecule has 42 heavy (non-hydrogen) atoms. The minimum Gasteiger partial charge on any atom is -0.358 e. The van der Waals surface area contributed by atoms with Crippen LogP contribution in [0, 0.1) is 0 Å². The van der Waals surface area contributed by atoms with Crippen LogP contribution >= 0.6 is 0 Å². The Kier molecular flexibility index (Phi) is 10.4. The van der Waals surface area contributed by atoms with Crippen LogP contribution in [-0.2, 0) is 21.1 Å². The Labute approximate surface area is 251 Å². The number of hydrogen-bond donors (Lipinski definition) is 0. The maximum absolute atomic E-state index is 2.20. The van der Waals surface area contributed by atoms with Gasteiger partial charge < -0.3 is 14.7 Å². The van der Waals surface area contributed by atoms with E-state index in [4.69, 9.17) is 0 Å². The zero-order valence-corrected chi connectivity index (χ0v) is 25.6. The van der Waals surface area contributed by atoms with Crippen LogP contribution in [0.15, 0.2) is 158 Å². The highest BCUT2D eigenvalue weighted by Crippen LogP contribution is 2.21. The van der Waals surface area contributed by atoms with E-state index in [1.807, 2.05) is 65.8 Å². The number of nitrogens with zero attached hydrogens (tertiary/aromatic N) is 6. The first-order chi connectivity index (χ1) is 20.3. The van der Waals surface area contributed by atoms with Crippen molar-refractivity contribution in [3.8, 4) is 11.1 Å². The predicted octanol–water partition coefficient (Wildman–Crippen LogP) is 4.80. The molecule has 6 rings (SSSR count). The molecule has 6 heterocycles. The van der Waals surface area contributed by atoms with Gasteiger partial charge in [0.05, 0.1) is 0 Å². The zero-order chi connectivity index (χ0) is 29.9. The van der Waals surface area contributed by atoms with Crippen LogP contribution in [0.2, 0.25) is 0 Å². The van der Waals surface area contributed by atoms with Crippen molar-refractivity contribution in [1.29, 1.82) is 0 Å². The van der Waals surface area contributed by atoms with Gasteiger partial charge in [-0.2, -0.15) is 0 Å². The molecule has 0 radical (unpaired) electrons. The topological polar surface area (TPSA) is 21.4 Å². The minimum absolute atomic E-state index is 0.424. The van der Waals surface area contributed by atoms with Crippen LogP contribution in [0.25, 0.3) is 11.1 Å². The zero-order valence-electron chi connectivity index (χ0n) is 25.6. The van der Waals surface area contributed by atoms with Crippen LogP contribution < -0.4 is 13.7 Å². The third-order valence-corrected chi connectivity index (χ3v) is 7.03. The van der Waals surface area contributed by atoms with Gasteiger partial charge in [0.1, 0.15) is 21.1 Å². The average Bonchev–Trinajstić information content (AvgIpc) is 3.01. The van der Waals surface area contributed by atoms with E-state index in [1.54, 1.807) is 0 Å². The fourth-order valence-corrected chi connectivity index (χ4v) is 4.30. The fraction of sp³-hybridized carbons (Fsp3) is 0.194. The third-order valence-electron chi connectivity index (χ3n) is 7.03. The highest BCUT2D eigenvalue weighted by atomic mass is 15.1. The summed E-state index contributed by atoms with van der Waals surface area (Å²) in [7, 11) is 12.2. The van der Waals surface area contributed by atoms with E-state index in [0.29, 0.717) is 5.92 Å². The maximum Gasteiger partial charge on any atom is 0.169 e. The summed E-state index contributed by atoms with van der Waals surface area (Å²) in [6, 6.07) is 12.8. The second-order valence-corrected chi connectivity index (χ2v) is 10.7. The molecule has 0 saturated carbocycles. The normalized spacial score (nSPS) is 15.4. The number of rotatable bonds is 2. The summed E-state index contributed by atoms with van der Waals surface area (Å²) >= 11 is 0. The lowest BCUT2D eigenvalue weighted by Gasteiger charge is -2.16.